The van der Waals surface area contributed by atoms with Gasteiger partial charge in [-0.25, -0.2) is 4.98 Å². The monoisotopic (exact) mass is 241 g/mol. The molecule has 0 aliphatic heterocycles. The van der Waals surface area contributed by atoms with Crippen LogP contribution in [0.2, 0.25) is 0 Å². The molecule has 3 rings (SSSR count). The van der Waals surface area contributed by atoms with E-state index in [1.165, 1.54) is 5.39 Å². The van der Waals surface area contributed by atoms with E-state index in [9.17, 15) is 0 Å². The van der Waals surface area contributed by atoms with Gasteiger partial charge in [0.15, 0.2) is 4.77 Å². The van der Waals surface area contributed by atoms with Crippen LogP contribution in [0.5, 0.6) is 0 Å². The molecule has 0 aliphatic carbocycles. The third-order valence-corrected chi connectivity index (χ3v) is 3.04. The molecule has 17 heavy (non-hydrogen) atoms. The molecule has 0 spiro atoms. The molecule has 0 saturated carbocycles. The van der Waals surface area contributed by atoms with Crippen LogP contribution in [0, 0.1) is 11.7 Å². The van der Waals surface area contributed by atoms with Crippen molar-refractivity contribution in [2.75, 3.05) is 0 Å². The molecule has 3 nitrogen and oxygen atoms in total. The van der Waals surface area contributed by atoms with Crippen LogP contribution in [0.15, 0.2) is 36.5 Å². The first-order chi connectivity index (χ1) is 8.25. The third-order valence-electron chi connectivity index (χ3n) is 2.84. The summed E-state index contributed by atoms with van der Waals surface area (Å²) < 4.78 is 0.507. The lowest BCUT2D eigenvalue weighted by Crippen LogP contribution is -1.87. The summed E-state index contributed by atoms with van der Waals surface area (Å²) >= 11 is 5.06. The van der Waals surface area contributed by atoms with E-state index in [2.05, 4.69) is 34.0 Å². The highest BCUT2D eigenvalue weighted by atomic mass is 32.1. The Morgan fingerprint density at radius 1 is 1.12 bits per heavy atom. The number of para-hydroxylation sites is 1. The van der Waals surface area contributed by atoms with Crippen molar-refractivity contribution in [3.63, 3.8) is 0 Å². The van der Waals surface area contributed by atoms with Crippen molar-refractivity contribution in [3.05, 3.63) is 47.0 Å². The normalized spacial score (nSPS) is 10.9. The van der Waals surface area contributed by atoms with Crippen LogP contribution in [0.25, 0.3) is 22.2 Å². The summed E-state index contributed by atoms with van der Waals surface area (Å²) in [5.74, 6) is 0. The van der Waals surface area contributed by atoms with Gasteiger partial charge in [-0.3, -0.25) is 0 Å². The fourth-order valence-corrected chi connectivity index (χ4v) is 2.31. The van der Waals surface area contributed by atoms with Gasteiger partial charge in [-0.15, -0.1) is 0 Å². The molecule has 0 saturated heterocycles. The molecule has 0 unspecified atom stereocenters. The summed E-state index contributed by atoms with van der Waals surface area (Å²) in [5.41, 5.74) is 4.42. The lowest BCUT2D eigenvalue weighted by atomic mass is 10.1. The number of rotatable bonds is 1. The first-order valence-electron chi connectivity index (χ1n) is 5.39. The largest absolute Gasteiger partial charge is 0.358 e. The molecule has 2 N–H and O–H groups in total. The molecule has 0 amide bonds. The van der Waals surface area contributed by atoms with Crippen LogP contribution in [0.3, 0.4) is 0 Å². The minimum absolute atomic E-state index is 0.507. The second-order valence-electron chi connectivity index (χ2n) is 3.96. The van der Waals surface area contributed by atoms with Crippen LogP contribution >= 0.6 is 12.2 Å². The van der Waals surface area contributed by atoms with Gasteiger partial charge in [0.1, 0.15) is 0 Å². The maximum Gasteiger partial charge on any atom is 0.197 e. The van der Waals surface area contributed by atoms with Gasteiger partial charge in [0.05, 0.1) is 5.69 Å². The molecule has 0 fully saturated rings. The van der Waals surface area contributed by atoms with Crippen LogP contribution in [0.1, 0.15) is 5.69 Å². The Kier molecular flexibility index (Phi) is 2.30. The summed E-state index contributed by atoms with van der Waals surface area (Å²) in [5, 5.41) is 1.20. The minimum Gasteiger partial charge on any atom is -0.358 e. The summed E-state index contributed by atoms with van der Waals surface area (Å²) in [6, 6.07) is 10.2. The Hall–Kier alpha value is -1.94. The van der Waals surface area contributed by atoms with Crippen molar-refractivity contribution in [1.29, 1.82) is 0 Å². The Labute approximate surface area is 104 Å². The van der Waals surface area contributed by atoms with Crippen molar-refractivity contribution in [2.24, 2.45) is 0 Å². The lowest BCUT2D eigenvalue weighted by molar-refractivity contribution is 1.13. The molecule has 0 bridgehead atoms. The van der Waals surface area contributed by atoms with Gasteiger partial charge in [-0.2, -0.15) is 0 Å². The predicted octanol–water partition coefficient (Wildman–Crippen LogP) is 3.60. The lowest BCUT2D eigenvalue weighted by Gasteiger charge is -2.01. The minimum atomic E-state index is 0.507. The van der Waals surface area contributed by atoms with Crippen LogP contribution in [0.4, 0.5) is 0 Å². The molecule has 0 aliphatic rings. The van der Waals surface area contributed by atoms with Gasteiger partial charge < -0.3 is 9.97 Å². The third kappa shape index (κ3) is 1.66. The molecule has 84 valence electrons. The zero-order valence-electron chi connectivity index (χ0n) is 9.32. The summed E-state index contributed by atoms with van der Waals surface area (Å²) in [4.78, 5) is 10.5. The van der Waals surface area contributed by atoms with E-state index in [-0.39, 0.29) is 0 Å². The van der Waals surface area contributed by atoms with Crippen LogP contribution < -0.4 is 0 Å². The zero-order chi connectivity index (χ0) is 11.8. The smallest absolute Gasteiger partial charge is 0.197 e. The van der Waals surface area contributed by atoms with Gasteiger partial charge in [0, 0.05) is 28.4 Å². The zero-order valence-corrected chi connectivity index (χ0v) is 10.1. The summed E-state index contributed by atoms with van der Waals surface area (Å²) in [6.07, 6.45) is 1.73. The highest BCUT2D eigenvalue weighted by Crippen LogP contribution is 2.30. The average Bonchev–Trinajstić information content (AvgIpc) is 2.64. The number of benzene rings is 1. The molecular formula is C13H11N3S. The second kappa shape index (κ2) is 3.82. The number of aromatic nitrogens is 3. The highest BCUT2D eigenvalue weighted by Gasteiger charge is 2.09. The summed E-state index contributed by atoms with van der Waals surface area (Å²) in [6.45, 7) is 2.06. The fraction of sp³-hybridized carbons (Fsp3) is 0.0769. The van der Waals surface area contributed by atoms with E-state index >= 15 is 0 Å². The molecule has 2 heterocycles. The standard InChI is InChI=1S/C13H11N3S/c1-8-12(11-6-7-14-13(17)16-11)9-4-2-3-5-10(9)15-8/h2-7,15H,1H3,(H,14,16,17). The Balaban J connectivity index is 2.37. The highest BCUT2D eigenvalue weighted by molar-refractivity contribution is 7.71. The van der Waals surface area contributed by atoms with Crippen molar-refractivity contribution < 1.29 is 0 Å². The molecule has 3 aromatic rings. The number of hydrogen-bond acceptors (Lipinski definition) is 2. The van der Waals surface area contributed by atoms with Gasteiger partial charge >= 0.3 is 0 Å². The van der Waals surface area contributed by atoms with E-state index in [4.69, 9.17) is 12.2 Å². The quantitative estimate of drug-likeness (QED) is 0.639. The van der Waals surface area contributed by atoms with E-state index in [0.29, 0.717) is 4.77 Å². The average molecular weight is 241 g/mol. The number of aryl methyl sites for hydroxylation is 1. The van der Waals surface area contributed by atoms with Crippen molar-refractivity contribution in [3.8, 4) is 11.3 Å². The fourth-order valence-electron chi connectivity index (χ4n) is 2.14. The number of hydrogen-bond donors (Lipinski definition) is 2. The predicted molar refractivity (Wildman–Crippen MR) is 71.5 cm³/mol. The number of nitrogens with zero attached hydrogens (tertiary/aromatic N) is 1. The number of H-pyrrole nitrogens is 2. The topological polar surface area (TPSA) is 44.5 Å². The van der Waals surface area contributed by atoms with Crippen molar-refractivity contribution in [1.82, 2.24) is 15.0 Å². The first-order valence-corrected chi connectivity index (χ1v) is 5.79. The van der Waals surface area contributed by atoms with Gasteiger partial charge in [-0.1, -0.05) is 18.2 Å². The SMILES string of the molecule is Cc1[nH]c2ccccc2c1-c1ccnc(=S)[nH]1. The summed E-state index contributed by atoms with van der Waals surface area (Å²) in [7, 11) is 0. The Morgan fingerprint density at radius 2 is 1.94 bits per heavy atom. The van der Waals surface area contributed by atoms with E-state index in [0.717, 1.165) is 22.5 Å². The number of nitrogens with one attached hydrogen (secondary N) is 2. The maximum absolute atomic E-state index is 5.06. The second-order valence-corrected chi connectivity index (χ2v) is 4.35. The molecule has 2 aromatic heterocycles. The van der Waals surface area contributed by atoms with Gasteiger partial charge in [0.25, 0.3) is 0 Å². The van der Waals surface area contributed by atoms with Gasteiger partial charge in [-0.05, 0) is 31.3 Å². The molecule has 4 heteroatoms. The van der Waals surface area contributed by atoms with E-state index in [1.807, 2.05) is 18.2 Å². The molecule has 1 aromatic carbocycles. The Bertz CT molecular complexity index is 740. The maximum atomic E-state index is 5.06. The van der Waals surface area contributed by atoms with Crippen molar-refractivity contribution in [2.45, 2.75) is 6.92 Å². The first kappa shape index (κ1) is 10.2. The van der Waals surface area contributed by atoms with E-state index in [1.54, 1.807) is 6.20 Å². The number of aromatic amines is 2. The molecule has 0 atom stereocenters. The Morgan fingerprint density at radius 3 is 2.76 bits per heavy atom. The van der Waals surface area contributed by atoms with Crippen molar-refractivity contribution >= 4 is 23.1 Å². The molecular weight excluding hydrogens is 230 g/mol. The van der Waals surface area contributed by atoms with E-state index < -0.39 is 0 Å². The molecule has 0 radical (unpaired) electrons. The van der Waals surface area contributed by atoms with Crippen LogP contribution in [-0.2, 0) is 0 Å². The van der Waals surface area contributed by atoms with Crippen LogP contribution in [-0.4, -0.2) is 15.0 Å². The van der Waals surface area contributed by atoms with Gasteiger partial charge in [0.2, 0.25) is 0 Å². The number of fused-ring (bicyclic) bond motifs is 1.